The summed E-state index contributed by atoms with van der Waals surface area (Å²) >= 11 is 6.00. The summed E-state index contributed by atoms with van der Waals surface area (Å²) in [6.45, 7) is 3.05. The smallest absolute Gasteiger partial charge is 0.273 e. The van der Waals surface area contributed by atoms with E-state index in [1.54, 1.807) is 10.9 Å². The van der Waals surface area contributed by atoms with Gasteiger partial charge in [0.05, 0.1) is 5.02 Å². The van der Waals surface area contributed by atoms with Crippen LogP contribution >= 0.6 is 11.6 Å². The van der Waals surface area contributed by atoms with E-state index in [9.17, 15) is 14.0 Å². The van der Waals surface area contributed by atoms with E-state index >= 15 is 0 Å². The minimum atomic E-state index is -0.410. The maximum Gasteiger partial charge on any atom is 0.273 e. The summed E-state index contributed by atoms with van der Waals surface area (Å²) in [5, 5.41) is 7.06. The summed E-state index contributed by atoms with van der Waals surface area (Å²) in [5.41, 5.74) is 0.735. The molecule has 0 atom stereocenters. The van der Waals surface area contributed by atoms with Crippen LogP contribution in [-0.2, 0) is 17.9 Å². The van der Waals surface area contributed by atoms with Gasteiger partial charge in [0.1, 0.15) is 11.6 Å². The number of nitrogens with one attached hydrogen (secondary N) is 1. The molecule has 1 aliphatic heterocycles. The molecule has 0 saturated carbocycles. The van der Waals surface area contributed by atoms with Gasteiger partial charge in [-0.2, -0.15) is 5.10 Å². The molecule has 1 aliphatic rings. The van der Waals surface area contributed by atoms with Crippen LogP contribution in [0.25, 0.3) is 0 Å². The molecule has 7 nitrogen and oxygen atoms in total. The SMILES string of the molecule is CCn1cc(Cl)c(C(=O)NCCN2Cc3cc(F)ccc3OCC2=O)n1. The Bertz CT molecular complexity index is 839. The fourth-order valence-corrected chi connectivity index (χ4v) is 2.88. The van der Waals surface area contributed by atoms with Crippen LogP contribution in [0, 0.1) is 5.82 Å². The molecular weight excluding hydrogens is 363 g/mol. The molecular formula is C17H18ClFN4O3. The van der Waals surface area contributed by atoms with E-state index in [0.717, 1.165) is 0 Å². The van der Waals surface area contributed by atoms with Gasteiger partial charge in [0.15, 0.2) is 12.3 Å². The van der Waals surface area contributed by atoms with Gasteiger partial charge in [-0.15, -0.1) is 0 Å². The maximum absolute atomic E-state index is 13.4. The van der Waals surface area contributed by atoms with Gasteiger partial charge in [0.25, 0.3) is 11.8 Å². The fourth-order valence-electron chi connectivity index (χ4n) is 2.64. The number of hydrogen-bond donors (Lipinski definition) is 1. The first-order chi connectivity index (χ1) is 12.5. The van der Waals surface area contributed by atoms with Gasteiger partial charge in [-0.3, -0.25) is 14.3 Å². The predicted molar refractivity (Wildman–Crippen MR) is 92.6 cm³/mol. The number of carbonyl (C=O) groups is 2. The second kappa shape index (κ2) is 7.74. The third-order valence-electron chi connectivity index (χ3n) is 4.01. The summed E-state index contributed by atoms with van der Waals surface area (Å²) in [6.07, 6.45) is 1.58. The monoisotopic (exact) mass is 380 g/mol. The molecule has 2 aromatic rings. The van der Waals surface area contributed by atoms with E-state index in [1.165, 1.54) is 23.1 Å². The summed E-state index contributed by atoms with van der Waals surface area (Å²) in [7, 11) is 0. The molecule has 26 heavy (non-hydrogen) atoms. The van der Waals surface area contributed by atoms with Crippen LogP contribution < -0.4 is 10.1 Å². The molecule has 1 N–H and O–H groups in total. The Labute approximate surface area is 154 Å². The zero-order valence-corrected chi connectivity index (χ0v) is 14.9. The summed E-state index contributed by atoms with van der Waals surface area (Å²) in [4.78, 5) is 25.9. The standard InChI is InChI=1S/C17H18ClFN4O3/c1-2-23-9-13(18)16(21-23)17(25)20-5-6-22-8-11-7-12(19)3-4-14(11)26-10-15(22)24/h3-4,7,9H,2,5-6,8,10H2,1H3,(H,20,25). The predicted octanol–water partition coefficient (Wildman–Crippen LogP) is 1.85. The molecule has 2 heterocycles. The first kappa shape index (κ1) is 18.2. The first-order valence-corrected chi connectivity index (χ1v) is 8.56. The van der Waals surface area contributed by atoms with Crippen molar-refractivity contribution in [3.8, 4) is 5.75 Å². The van der Waals surface area contributed by atoms with Gasteiger partial charge in [-0.25, -0.2) is 4.39 Å². The Morgan fingerprint density at radius 3 is 3.00 bits per heavy atom. The van der Waals surface area contributed by atoms with Gasteiger partial charge in [-0.1, -0.05) is 11.6 Å². The Morgan fingerprint density at radius 2 is 2.27 bits per heavy atom. The van der Waals surface area contributed by atoms with Crippen molar-refractivity contribution >= 4 is 23.4 Å². The largest absolute Gasteiger partial charge is 0.483 e. The van der Waals surface area contributed by atoms with E-state index in [2.05, 4.69) is 10.4 Å². The number of halogens is 2. The molecule has 0 fully saturated rings. The van der Waals surface area contributed by atoms with Gasteiger partial charge in [0, 0.05) is 37.9 Å². The number of ether oxygens (including phenoxy) is 1. The highest BCUT2D eigenvalue weighted by Gasteiger charge is 2.22. The Balaban J connectivity index is 1.60. The van der Waals surface area contributed by atoms with Crippen LogP contribution in [0.15, 0.2) is 24.4 Å². The van der Waals surface area contributed by atoms with E-state index in [1.807, 2.05) is 6.92 Å². The number of amides is 2. The molecule has 9 heteroatoms. The van der Waals surface area contributed by atoms with Crippen LogP contribution in [0.5, 0.6) is 5.75 Å². The van der Waals surface area contributed by atoms with Crippen LogP contribution in [0.2, 0.25) is 5.02 Å². The Kier molecular flexibility index (Phi) is 5.41. The molecule has 138 valence electrons. The summed E-state index contributed by atoms with van der Waals surface area (Å²) in [5.74, 6) is -0.546. The topological polar surface area (TPSA) is 76.5 Å². The second-order valence-electron chi connectivity index (χ2n) is 5.79. The molecule has 0 radical (unpaired) electrons. The van der Waals surface area contributed by atoms with Crippen LogP contribution in [-0.4, -0.2) is 46.2 Å². The number of carbonyl (C=O) groups excluding carboxylic acids is 2. The molecule has 0 spiro atoms. The molecule has 3 rings (SSSR count). The van der Waals surface area contributed by atoms with Crippen molar-refractivity contribution in [2.45, 2.75) is 20.0 Å². The van der Waals surface area contributed by atoms with Crippen molar-refractivity contribution in [2.75, 3.05) is 19.7 Å². The highest BCUT2D eigenvalue weighted by molar-refractivity contribution is 6.33. The van der Waals surface area contributed by atoms with Crippen molar-refractivity contribution in [3.63, 3.8) is 0 Å². The molecule has 0 aliphatic carbocycles. The third-order valence-corrected chi connectivity index (χ3v) is 4.29. The number of hydrogen-bond acceptors (Lipinski definition) is 4. The Hall–Kier alpha value is -2.61. The molecule has 1 aromatic heterocycles. The van der Waals surface area contributed by atoms with Gasteiger partial charge >= 0.3 is 0 Å². The molecule has 0 saturated heterocycles. The molecule has 1 aromatic carbocycles. The molecule has 2 amide bonds. The normalized spacial score (nSPS) is 13.8. The van der Waals surface area contributed by atoms with E-state index in [0.29, 0.717) is 17.9 Å². The number of benzene rings is 1. The zero-order valence-electron chi connectivity index (χ0n) is 14.2. The average Bonchev–Trinajstić information content (AvgIpc) is 2.93. The number of rotatable bonds is 5. The van der Waals surface area contributed by atoms with E-state index in [4.69, 9.17) is 16.3 Å². The van der Waals surface area contributed by atoms with Crippen LogP contribution in [0.1, 0.15) is 23.0 Å². The average molecular weight is 381 g/mol. The lowest BCUT2D eigenvalue weighted by Gasteiger charge is -2.20. The van der Waals surface area contributed by atoms with Crippen LogP contribution in [0.4, 0.5) is 4.39 Å². The van der Waals surface area contributed by atoms with Crippen molar-refractivity contribution in [3.05, 3.63) is 46.5 Å². The van der Waals surface area contributed by atoms with Gasteiger partial charge < -0.3 is 15.0 Å². The number of aromatic nitrogens is 2. The van der Waals surface area contributed by atoms with Crippen molar-refractivity contribution < 1.29 is 18.7 Å². The minimum absolute atomic E-state index is 0.126. The third kappa shape index (κ3) is 3.96. The highest BCUT2D eigenvalue weighted by Crippen LogP contribution is 2.24. The summed E-state index contributed by atoms with van der Waals surface area (Å²) < 4.78 is 20.4. The quantitative estimate of drug-likeness (QED) is 0.858. The van der Waals surface area contributed by atoms with Crippen molar-refractivity contribution in [2.24, 2.45) is 0 Å². The molecule has 0 unspecified atom stereocenters. The van der Waals surface area contributed by atoms with E-state index in [-0.39, 0.29) is 42.9 Å². The lowest BCUT2D eigenvalue weighted by molar-refractivity contribution is -0.133. The zero-order chi connectivity index (χ0) is 18.7. The molecule has 0 bridgehead atoms. The van der Waals surface area contributed by atoms with Gasteiger partial charge in [0.2, 0.25) is 0 Å². The minimum Gasteiger partial charge on any atom is -0.483 e. The highest BCUT2D eigenvalue weighted by atomic mass is 35.5. The fraction of sp³-hybridized carbons (Fsp3) is 0.353. The summed E-state index contributed by atoms with van der Waals surface area (Å²) in [6, 6.07) is 4.14. The second-order valence-corrected chi connectivity index (χ2v) is 6.20. The Morgan fingerprint density at radius 1 is 1.46 bits per heavy atom. The van der Waals surface area contributed by atoms with E-state index < -0.39 is 11.7 Å². The number of nitrogens with zero attached hydrogens (tertiary/aromatic N) is 3. The maximum atomic E-state index is 13.4. The van der Waals surface area contributed by atoms with Gasteiger partial charge in [-0.05, 0) is 25.1 Å². The lowest BCUT2D eigenvalue weighted by atomic mass is 10.2. The first-order valence-electron chi connectivity index (χ1n) is 8.18. The van der Waals surface area contributed by atoms with Crippen molar-refractivity contribution in [1.29, 1.82) is 0 Å². The number of aryl methyl sites for hydroxylation is 1. The van der Waals surface area contributed by atoms with Crippen molar-refractivity contribution in [1.82, 2.24) is 20.0 Å². The van der Waals surface area contributed by atoms with Crippen LogP contribution in [0.3, 0.4) is 0 Å². The lowest BCUT2D eigenvalue weighted by Crippen LogP contribution is -2.39. The number of fused-ring (bicyclic) bond motifs is 1.